The normalized spacial score (nSPS) is 18.3. The lowest BCUT2D eigenvalue weighted by molar-refractivity contribution is 0.308. The first-order valence-electron chi connectivity index (χ1n) is 7.92. The summed E-state index contributed by atoms with van der Waals surface area (Å²) in [6.45, 7) is 2.11. The van der Waals surface area contributed by atoms with Crippen molar-refractivity contribution in [3.63, 3.8) is 0 Å². The van der Waals surface area contributed by atoms with Crippen molar-refractivity contribution >= 4 is 11.0 Å². The lowest BCUT2D eigenvalue weighted by atomic mass is 9.80. The monoisotopic (exact) mass is 287 g/mol. The van der Waals surface area contributed by atoms with Crippen LogP contribution in [-0.2, 0) is 14.1 Å². The molecule has 1 atom stereocenters. The van der Waals surface area contributed by atoms with E-state index < -0.39 is 0 Å². The molecule has 1 heterocycles. The number of aryl methyl sites for hydroxylation is 3. The second-order valence-corrected chi connectivity index (χ2v) is 6.52. The number of nitrogens with two attached hydrogens (primary N) is 1. The average Bonchev–Trinajstić information content (AvgIpc) is 2.71. The second kappa shape index (κ2) is 5.34. The Morgan fingerprint density at radius 3 is 2.29 bits per heavy atom. The molecule has 0 radical (unpaired) electrons. The molecular formula is C17H25N3O. The summed E-state index contributed by atoms with van der Waals surface area (Å²) in [6, 6.07) is 4.32. The minimum Gasteiger partial charge on any atom is -0.324 e. The Balaban J connectivity index is 2.08. The maximum Gasteiger partial charge on any atom is 0.328 e. The van der Waals surface area contributed by atoms with Gasteiger partial charge in [0.2, 0.25) is 0 Å². The van der Waals surface area contributed by atoms with Gasteiger partial charge in [-0.1, -0.05) is 19.3 Å². The molecule has 1 aromatic heterocycles. The SMILES string of the molecule is Cc1cc2c(cc1C(N)C1CCCCC1)n(C)c(=O)n2C. The fourth-order valence-electron chi connectivity index (χ4n) is 3.77. The van der Waals surface area contributed by atoms with Gasteiger partial charge in [-0.25, -0.2) is 4.79 Å². The van der Waals surface area contributed by atoms with E-state index in [2.05, 4.69) is 19.1 Å². The molecule has 0 saturated heterocycles. The molecule has 0 spiro atoms. The van der Waals surface area contributed by atoms with Crippen LogP contribution in [0.1, 0.15) is 49.3 Å². The Morgan fingerprint density at radius 1 is 1.10 bits per heavy atom. The van der Waals surface area contributed by atoms with Crippen LogP contribution in [0.5, 0.6) is 0 Å². The first-order valence-corrected chi connectivity index (χ1v) is 7.92. The van der Waals surface area contributed by atoms with Crippen LogP contribution in [0.15, 0.2) is 16.9 Å². The number of imidazole rings is 1. The minimum absolute atomic E-state index is 0.0211. The summed E-state index contributed by atoms with van der Waals surface area (Å²) in [4.78, 5) is 12.1. The van der Waals surface area contributed by atoms with Crippen LogP contribution in [-0.4, -0.2) is 9.13 Å². The van der Waals surface area contributed by atoms with Gasteiger partial charge in [0.1, 0.15) is 0 Å². The third-order valence-corrected chi connectivity index (χ3v) is 5.18. The Kier molecular flexibility index (Phi) is 3.66. The standard InChI is InChI=1S/C17H25N3O/c1-11-9-14-15(20(3)17(21)19(14)2)10-13(11)16(18)12-7-5-4-6-8-12/h9-10,12,16H,4-8,18H2,1-3H3. The van der Waals surface area contributed by atoms with E-state index in [1.807, 2.05) is 14.1 Å². The summed E-state index contributed by atoms with van der Waals surface area (Å²) in [5.74, 6) is 0.579. The van der Waals surface area contributed by atoms with E-state index in [0.717, 1.165) is 11.0 Å². The van der Waals surface area contributed by atoms with E-state index in [1.165, 1.54) is 43.2 Å². The first-order chi connectivity index (χ1) is 10.0. The summed E-state index contributed by atoms with van der Waals surface area (Å²) in [6.07, 6.45) is 6.39. The molecule has 1 unspecified atom stereocenters. The Morgan fingerprint density at radius 2 is 1.67 bits per heavy atom. The molecule has 0 bridgehead atoms. The average molecular weight is 287 g/mol. The highest BCUT2D eigenvalue weighted by atomic mass is 16.1. The fourth-order valence-corrected chi connectivity index (χ4v) is 3.77. The van der Waals surface area contributed by atoms with Crippen molar-refractivity contribution in [3.05, 3.63) is 33.7 Å². The number of hydrogen-bond donors (Lipinski definition) is 1. The molecule has 2 N–H and O–H groups in total. The molecule has 0 aliphatic heterocycles. The second-order valence-electron chi connectivity index (χ2n) is 6.52. The Hall–Kier alpha value is -1.55. The van der Waals surface area contributed by atoms with Crippen LogP contribution in [0.2, 0.25) is 0 Å². The van der Waals surface area contributed by atoms with Crippen LogP contribution in [0.25, 0.3) is 11.0 Å². The molecule has 0 amide bonds. The Labute approximate surface area is 125 Å². The van der Waals surface area contributed by atoms with Gasteiger partial charge in [0.15, 0.2) is 0 Å². The van der Waals surface area contributed by atoms with Crippen LogP contribution >= 0.6 is 0 Å². The summed E-state index contributed by atoms with van der Waals surface area (Å²) >= 11 is 0. The molecule has 2 aromatic rings. The molecule has 1 aliphatic carbocycles. The lowest BCUT2D eigenvalue weighted by Crippen LogP contribution is -2.24. The maximum atomic E-state index is 12.1. The van der Waals surface area contributed by atoms with Gasteiger partial charge in [0, 0.05) is 20.1 Å². The molecule has 21 heavy (non-hydrogen) atoms. The highest BCUT2D eigenvalue weighted by Gasteiger charge is 2.24. The smallest absolute Gasteiger partial charge is 0.324 e. The van der Waals surface area contributed by atoms with Crippen molar-refractivity contribution in [3.8, 4) is 0 Å². The van der Waals surface area contributed by atoms with Gasteiger partial charge in [-0.2, -0.15) is 0 Å². The van der Waals surface area contributed by atoms with E-state index in [1.54, 1.807) is 9.13 Å². The van der Waals surface area contributed by atoms with Crippen molar-refractivity contribution in [1.82, 2.24) is 9.13 Å². The summed E-state index contributed by atoms with van der Waals surface area (Å²) in [7, 11) is 3.65. The predicted molar refractivity (Wildman–Crippen MR) is 86.4 cm³/mol. The van der Waals surface area contributed by atoms with E-state index in [9.17, 15) is 4.79 Å². The van der Waals surface area contributed by atoms with Crippen molar-refractivity contribution < 1.29 is 0 Å². The van der Waals surface area contributed by atoms with Crippen LogP contribution in [0.3, 0.4) is 0 Å². The molecule has 1 fully saturated rings. The van der Waals surface area contributed by atoms with Gasteiger partial charge < -0.3 is 5.73 Å². The lowest BCUT2D eigenvalue weighted by Gasteiger charge is -2.28. The van der Waals surface area contributed by atoms with Crippen LogP contribution in [0, 0.1) is 12.8 Å². The zero-order valence-electron chi connectivity index (χ0n) is 13.2. The number of rotatable bonds is 2. The maximum absolute atomic E-state index is 12.1. The van der Waals surface area contributed by atoms with E-state index in [0.29, 0.717) is 5.92 Å². The van der Waals surface area contributed by atoms with Crippen LogP contribution in [0.4, 0.5) is 0 Å². The first kappa shape index (κ1) is 14.4. The van der Waals surface area contributed by atoms with Crippen molar-refractivity contribution in [2.24, 2.45) is 25.7 Å². The van der Waals surface area contributed by atoms with Gasteiger partial charge in [0.25, 0.3) is 0 Å². The van der Waals surface area contributed by atoms with Crippen molar-refractivity contribution in [2.45, 2.75) is 45.1 Å². The van der Waals surface area contributed by atoms with E-state index >= 15 is 0 Å². The summed E-state index contributed by atoms with van der Waals surface area (Å²) < 4.78 is 3.42. The largest absolute Gasteiger partial charge is 0.328 e. The number of hydrogen-bond acceptors (Lipinski definition) is 2. The zero-order valence-corrected chi connectivity index (χ0v) is 13.2. The molecule has 4 nitrogen and oxygen atoms in total. The van der Waals surface area contributed by atoms with Crippen molar-refractivity contribution in [2.75, 3.05) is 0 Å². The third-order valence-electron chi connectivity index (χ3n) is 5.18. The number of aromatic nitrogens is 2. The summed E-state index contributed by atoms with van der Waals surface area (Å²) in [5, 5.41) is 0. The molecule has 1 aliphatic rings. The minimum atomic E-state index is 0.0211. The topological polar surface area (TPSA) is 52.9 Å². The fraction of sp³-hybridized carbons (Fsp3) is 0.588. The van der Waals surface area contributed by atoms with Crippen LogP contribution < -0.4 is 11.4 Å². The number of benzene rings is 1. The van der Waals surface area contributed by atoms with Gasteiger partial charge >= 0.3 is 5.69 Å². The third kappa shape index (κ3) is 2.31. The summed E-state index contributed by atoms with van der Waals surface area (Å²) in [5.41, 5.74) is 11.0. The molecule has 1 aromatic carbocycles. The Bertz CT molecular complexity index is 720. The predicted octanol–water partition coefficient (Wildman–Crippen LogP) is 2.77. The van der Waals surface area contributed by atoms with Gasteiger partial charge in [-0.3, -0.25) is 9.13 Å². The quantitative estimate of drug-likeness (QED) is 0.923. The zero-order chi connectivity index (χ0) is 15.1. The van der Waals surface area contributed by atoms with Gasteiger partial charge in [-0.05, 0) is 48.9 Å². The highest BCUT2D eigenvalue weighted by Crippen LogP contribution is 2.35. The molecular weight excluding hydrogens is 262 g/mol. The van der Waals surface area contributed by atoms with Crippen molar-refractivity contribution in [1.29, 1.82) is 0 Å². The molecule has 4 heteroatoms. The number of fused-ring (bicyclic) bond motifs is 1. The van der Waals surface area contributed by atoms with E-state index in [4.69, 9.17) is 5.73 Å². The van der Waals surface area contributed by atoms with Gasteiger partial charge in [-0.15, -0.1) is 0 Å². The molecule has 1 saturated carbocycles. The number of nitrogens with zero attached hydrogens (tertiary/aromatic N) is 2. The molecule has 3 rings (SSSR count). The highest BCUT2D eigenvalue weighted by molar-refractivity contribution is 5.78. The van der Waals surface area contributed by atoms with E-state index in [-0.39, 0.29) is 11.7 Å². The van der Waals surface area contributed by atoms with Gasteiger partial charge in [0.05, 0.1) is 11.0 Å². The molecule has 114 valence electrons.